The molecule has 3 rings (SSSR count). The topological polar surface area (TPSA) is 54.6 Å². The molecule has 0 saturated heterocycles. The number of rotatable bonds is 2. The Bertz CT molecular complexity index is 869. The van der Waals surface area contributed by atoms with Crippen LogP contribution in [0.1, 0.15) is 42.4 Å². The van der Waals surface area contributed by atoms with Crippen LogP contribution in [-0.2, 0) is 5.41 Å². The smallest absolute Gasteiger partial charge is 0.356 e. The van der Waals surface area contributed by atoms with Crippen molar-refractivity contribution in [3.8, 4) is 11.3 Å². The molecule has 0 saturated carbocycles. The summed E-state index contributed by atoms with van der Waals surface area (Å²) < 4.78 is 1.86. The standard InChI is InChI=1S/C17H18N2O2S/c1-10-5-6-11(17(2,3)4)7-12(10)14-9-22-16-18-13(15(20)21)8-19(14)16/h5-9H,1-4H3,(H,20,21). The Balaban J connectivity index is 2.20. The van der Waals surface area contributed by atoms with Crippen molar-refractivity contribution in [2.75, 3.05) is 0 Å². The van der Waals surface area contributed by atoms with Crippen LogP contribution in [0, 0.1) is 6.92 Å². The Morgan fingerprint density at radius 1 is 1.32 bits per heavy atom. The van der Waals surface area contributed by atoms with Gasteiger partial charge in [-0.05, 0) is 29.5 Å². The molecular weight excluding hydrogens is 296 g/mol. The molecule has 0 radical (unpaired) electrons. The molecule has 0 bridgehead atoms. The molecule has 0 amide bonds. The van der Waals surface area contributed by atoms with Gasteiger partial charge >= 0.3 is 5.97 Å². The summed E-state index contributed by atoms with van der Waals surface area (Å²) in [6.07, 6.45) is 1.59. The SMILES string of the molecule is Cc1ccc(C(C)(C)C)cc1-c1csc2nc(C(=O)O)cn12. The third-order valence-electron chi connectivity index (χ3n) is 3.81. The first-order valence-electron chi connectivity index (χ1n) is 7.09. The van der Waals surface area contributed by atoms with Crippen LogP contribution < -0.4 is 0 Å². The lowest BCUT2D eigenvalue weighted by atomic mass is 9.85. The van der Waals surface area contributed by atoms with Crippen LogP contribution in [-0.4, -0.2) is 20.5 Å². The summed E-state index contributed by atoms with van der Waals surface area (Å²) in [6, 6.07) is 6.46. The van der Waals surface area contributed by atoms with Crippen LogP contribution in [0.3, 0.4) is 0 Å². The minimum atomic E-state index is -0.998. The molecule has 4 nitrogen and oxygen atoms in total. The fourth-order valence-electron chi connectivity index (χ4n) is 2.45. The fourth-order valence-corrected chi connectivity index (χ4v) is 3.32. The number of carboxylic acid groups (broad SMARTS) is 1. The number of nitrogens with zero attached hydrogens (tertiary/aromatic N) is 2. The van der Waals surface area contributed by atoms with E-state index in [4.69, 9.17) is 5.11 Å². The van der Waals surface area contributed by atoms with E-state index in [1.807, 2.05) is 9.78 Å². The first-order chi connectivity index (χ1) is 10.3. The van der Waals surface area contributed by atoms with Crippen molar-refractivity contribution >= 4 is 22.3 Å². The maximum Gasteiger partial charge on any atom is 0.356 e. The molecule has 1 aromatic carbocycles. The summed E-state index contributed by atoms with van der Waals surface area (Å²) in [5.74, 6) is -0.998. The third kappa shape index (κ3) is 2.41. The average Bonchev–Trinajstić information content (AvgIpc) is 2.98. The van der Waals surface area contributed by atoms with E-state index in [1.54, 1.807) is 6.20 Å². The van der Waals surface area contributed by atoms with Crippen molar-refractivity contribution in [3.63, 3.8) is 0 Å². The van der Waals surface area contributed by atoms with Gasteiger partial charge in [0.05, 0.1) is 5.69 Å². The minimum absolute atomic E-state index is 0.0682. The maximum absolute atomic E-state index is 11.1. The first kappa shape index (κ1) is 14.8. The molecule has 0 spiro atoms. The largest absolute Gasteiger partial charge is 0.476 e. The zero-order valence-corrected chi connectivity index (χ0v) is 13.9. The van der Waals surface area contributed by atoms with Crippen LogP contribution >= 0.6 is 11.3 Å². The maximum atomic E-state index is 11.1. The highest BCUT2D eigenvalue weighted by atomic mass is 32.1. The van der Waals surface area contributed by atoms with E-state index in [9.17, 15) is 4.79 Å². The number of benzene rings is 1. The number of imidazole rings is 1. The number of aromatic carboxylic acids is 1. The molecule has 0 aliphatic carbocycles. The van der Waals surface area contributed by atoms with E-state index >= 15 is 0 Å². The summed E-state index contributed by atoms with van der Waals surface area (Å²) in [4.78, 5) is 15.9. The summed E-state index contributed by atoms with van der Waals surface area (Å²) >= 11 is 1.46. The molecule has 5 heteroatoms. The zero-order chi connectivity index (χ0) is 16.1. The second-order valence-electron chi connectivity index (χ2n) is 6.48. The van der Waals surface area contributed by atoms with E-state index in [2.05, 4.69) is 50.9 Å². The van der Waals surface area contributed by atoms with Crippen molar-refractivity contribution in [3.05, 3.63) is 46.6 Å². The lowest BCUT2D eigenvalue weighted by Gasteiger charge is -2.20. The van der Waals surface area contributed by atoms with Gasteiger partial charge in [-0.15, -0.1) is 11.3 Å². The number of hydrogen-bond donors (Lipinski definition) is 1. The Kier molecular flexibility index (Phi) is 3.33. The molecule has 0 fully saturated rings. The van der Waals surface area contributed by atoms with Gasteiger partial charge in [0.2, 0.25) is 0 Å². The van der Waals surface area contributed by atoms with Gasteiger partial charge in [0.15, 0.2) is 10.7 Å². The normalized spacial score (nSPS) is 12.0. The van der Waals surface area contributed by atoms with E-state index in [0.29, 0.717) is 4.96 Å². The van der Waals surface area contributed by atoms with Gasteiger partial charge in [-0.3, -0.25) is 4.40 Å². The number of aryl methyl sites for hydroxylation is 1. The van der Waals surface area contributed by atoms with Gasteiger partial charge in [0.1, 0.15) is 0 Å². The Morgan fingerprint density at radius 3 is 2.68 bits per heavy atom. The van der Waals surface area contributed by atoms with Gasteiger partial charge in [-0.25, -0.2) is 9.78 Å². The predicted molar refractivity (Wildman–Crippen MR) is 88.9 cm³/mol. The van der Waals surface area contributed by atoms with Crippen molar-refractivity contribution in [2.45, 2.75) is 33.1 Å². The molecule has 3 aromatic rings. The summed E-state index contributed by atoms with van der Waals surface area (Å²) in [6.45, 7) is 8.62. The van der Waals surface area contributed by atoms with Crippen LogP contribution in [0.25, 0.3) is 16.2 Å². The second-order valence-corrected chi connectivity index (χ2v) is 7.32. The molecular formula is C17H18N2O2S. The number of aromatic nitrogens is 2. The summed E-state index contributed by atoms with van der Waals surface area (Å²) in [7, 11) is 0. The molecule has 2 aromatic heterocycles. The Hall–Kier alpha value is -2.14. The minimum Gasteiger partial charge on any atom is -0.476 e. The first-order valence-corrected chi connectivity index (χ1v) is 7.97. The van der Waals surface area contributed by atoms with Crippen LogP contribution in [0.5, 0.6) is 0 Å². The molecule has 114 valence electrons. The number of fused-ring (bicyclic) bond motifs is 1. The van der Waals surface area contributed by atoms with Crippen molar-refractivity contribution in [2.24, 2.45) is 0 Å². The van der Waals surface area contributed by atoms with Crippen LogP contribution in [0.4, 0.5) is 0 Å². The molecule has 2 heterocycles. The van der Waals surface area contributed by atoms with E-state index in [-0.39, 0.29) is 11.1 Å². The molecule has 1 N–H and O–H groups in total. The van der Waals surface area contributed by atoms with Crippen molar-refractivity contribution < 1.29 is 9.90 Å². The molecule has 0 aliphatic rings. The highest BCUT2D eigenvalue weighted by molar-refractivity contribution is 7.15. The van der Waals surface area contributed by atoms with Gasteiger partial charge in [0.25, 0.3) is 0 Å². The monoisotopic (exact) mass is 314 g/mol. The highest BCUT2D eigenvalue weighted by Crippen LogP contribution is 2.32. The molecule has 0 atom stereocenters. The summed E-state index contributed by atoms with van der Waals surface area (Å²) in [5, 5.41) is 11.1. The van der Waals surface area contributed by atoms with Gasteiger partial charge in [-0.2, -0.15) is 0 Å². The lowest BCUT2D eigenvalue weighted by molar-refractivity contribution is 0.0691. The zero-order valence-electron chi connectivity index (χ0n) is 13.0. The van der Waals surface area contributed by atoms with Crippen LogP contribution in [0.2, 0.25) is 0 Å². The third-order valence-corrected chi connectivity index (χ3v) is 4.65. The summed E-state index contributed by atoms with van der Waals surface area (Å²) in [5.41, 5.74) is 4.68. The number of carboxylic acids is 1. The molecule has 0 unspecified atom stereocenters. The van der Waals surface area contributed by atoms with Gasteiger partial charge in [-0.1, -0.05) is 32.9 Å². The fraction of sp³-hybridized carbons (Fsp3) is 0.294. The Morgan fingerprint density at radius 2 is 2.05 bits per heavy atom. The average molecular weight is 314 g/mol. The van der Waals surface area contributed by atoms with Gasteiger partial charge in [0, 0.05) is 17.1 Å². The number of thiazole rings is 1. The van der Waals surface area contributed by atoms with E-state index < -0.39 is 5.97 Å². The molecule has 22 heavy (non-hydrogen) atoms. The van der Waals surface area contributed by atoms with Gasteiger partial charge < -0.3 is 5.11 Å². The van der Waals surface area contributed by atoms with E-state index in [1.165, 1.54) is 22.5 Å². The second kappa shape index (κ2) is 4.95. The number of hydrogen-bond acceptors (Lipinski definition) is 3. The lowest BCUT2D eigenvalue weighted by Crippen LogP contribution is -2.11. The quantitative estimate of drug-likeness (QED) is 0.764. The number of carbonyl (C=O) groups is 1. The van der Waals surface area contributed by atoms with Crippen molar-refractivity contribution in [1.82, 2.24) is 9.38 Å². The van der Waals surface area contributed by atoms with Crippen LogP contribution in [0.15, 0.2) is 29.8 Å². The van der Waals surface area contributed by atoms with E-state index in [0.717, 1.165) is 11.3 Å². The molecule has 0 aliphatic heterocycles. The Labute approximate surface area is 133 Å². The highest BCUT2D eigenvalue weighted by Gasteiger charge is 2.18. The van der Waals surface area contributed by atoms with Crippen molar-refractivity contribution in [1.29, 1.82) is 0 Å². The predicted octanol–water partition coefficient (Wildman–Crippen LogP) is 4.37.